The van der Waals surface area contributed by atoms with E-state index in [0.29, 0.717) is 32.5 Å². The van der Waals surface area contributed by atoms with Crippen LogP contribution in [0.4, 0.5) is 0 Å². The molecule has 1 fully saturated rings. The van der Waals surface area contributed by atoms with Gasteiger partial charge in [0.1, 0.15) is 0 Å². The van der Waals surface area contributed by atoms with Crippen molar-refractivity contribution in [2.24, 2.45) is 5.92 Å². The zero-order chi connectivity index (χ0) is 15.2. The fourth-order valence-corrected chi connectivity index (χ4v) is 3.32. The summed E-state index contributed by atoms with van der Waals surface area (Å²) in [5.74, 6) is -0.922. The standard InChI is InChI=1S/C15H22N2O3S/c1-2-16(10-13-4-3-9-21-13)11-14(18)17-7-5-12(6-8-17)15(19)20/h3-4,9,12H,2,5-8,10-11H2,1H3,(H,19,20). The largest absolute Gasteiger partial charge is 0.481 e. The molecule has 0 aromatic carbocycles. The number of thiophene rings is 1. The lowest BCUT2D eigenvalue weighted by molar-refractivity contribution is -0.146. The molecule has 0 atom stereocenters. The monoisotopic (exact) mass is 310 g/mol. The van der Waals surface area contributed by atoms with Gasteiger partial charge in [-0.05, 0) is 30.8 Å². The van der Waals surface area contributed by atoms with Gasteiger partial charge >= 0.3 is 5.97 Å². The van der Waals surface area contributed by atoms with Gasteiger partial charge in [0, 0.05) is 24.5 Å². The molecular formula is C15H22N2O3S. The molecule has 0 radical (unpaired) electrons. The molecule has 1 aromatic heterocycles. The molecule has 1 aliphatic rings. The quantitative estimate of drug-likeness (QED) is 0.872. The first kappa shape index (κ1) is 16.0. The molecule has 0 saturated carbocycles. The molecule has 2 heterocycles. The van der Waals surface area contributed by atoms with E-state index in [2.05, 4.69) is 17.9 Å². The first-order valence-corrected chi connectivity index (χ1v) is 8.23. The molecule has 0 unspecified atom stereocenters. The number of likely N-dealkylation sites (N-methyl/N-ethyl adjacent to an activating group) is 1. The molecule has 1 amide bonds. The first-order chi connectivity index (χ1) is 10.1. The van der Waals surface area contributed by atoms with Crippen LogP contribution >= 0.6 is 11.3 Å². The normalized spacial score (nSPS) is 16.4. The van der Waals surface area contributed by atoms with Crippen molar-refractivity contribution in [1.29, 1.82) is 0 Å². The Bertz CT molecular complexity index is 467. The first-order valence-electron chi connectivity index (χ1n) is 7.35. The number of nitrogens with zero attached hydrogens (tertiary/aromatic N) is 2. The fraction of sp³-hybridized carbons (Fsp3) is 0.600. The fourth-order valence-electron chi connectivity index (χ4n) is 2.57. The third kappa shape index (κ3) is 4.54. The van der Waals surface area contributed by atoms with Crippen molar-refractivity contribution in [1.82, 2.24) is 9.80 Å². The zero-order valence-corrected chi connectivity index (χ0v) is 13.1. The van der Waals surface area contributed by atoms with Gasteiger partial charge in [-0.15, -0.1) is 11.3 Å². The van der Waals surface area contributed by atoms with Crippen LogP contribution in [0.3, 0.4) is 0 Å². The molecule has 0 bridgehead atoms. The third-order valence-corrected chi connectivity index (χ3v) is 4.82. The highest BCUT2D eigenvalue weighted by molar-refractivity contribution is 7.09. The van der Waals surface area contributed by atoms with Crippen molar-refractivity contribution in [3.8, 4) is 0 Å². The van der Waals surface area contributed by atoms with Crippen LogP contribution in [0.5, 0.6) is 0 Å². The van der Waals surface area contributed by atoms with Crippen molar-refractivity contribution in [2.75, 3.05) is 26.2 Å². The van der Waals surface area contributed by atoms with Crippen LogP contribution in [0.1, 0.15) is 24.6 Å². The molecule has 116 valence electrons. The molecule has 1 N–H and O–H groups in total. The van der Waals surface area contributed by atoms with Gasteiger partial charge in [-0.3, -0.25) is 14.5 Å². The Morgan fingerprint density at radius 3 is 2.67 bits per heavy atom. The molecule has 0 aliphatic carbocycles. The van der Waals surface area contributed by atoms with Crippen LogP contribution in [-0.2, 0) is 16.1 Å². The number of amides is 1. The zero-order valence-electron chi connectivity index (χ0n) is 12.3. The van der Waals surface area contributed by atoms with Crippen molar-refractivity contribution in [2.45, 2.75) is 26.3 Å². The van der Waals surface area contributed by atoms with Crippen LogP contribution in [0.2, 0.25) is 0 Å². The van der Waals surface area contributed by atoms with E-state index in [-0.39, 0.29) is 11.8 Å². The van der Waals surface area contributed by atoms with E-state index in [0.717, 1.165) is 13.1 Å². The molecule has 0 spiro atoms. The van der Waals surface area contributed by atoms with Gasteiger partial charge in [-0.25, -0.2) is 0 Å². The summed E-state index contributed by atoms with van der Waals surface area (Å²) in [7, 11) is 0. The molecule has 1 aromatic rings. The molecule has 21 heavy (non-hydrogen) atoms. The molecule has 6 heteroatoms. The number of likely N-dealkylation sites (tertiary alicyclic amines) is 1. The summed E-state index contributed by atoms with van der Waals surface area (Å²) in [6, 6.07) is 4.10. The summed E-state index contributed by atoms with van der Waals surface area (Å²) < 4.78 is 0. The highest BCUT2D eigenvalue weighted by Gasteiger charge is 2.27. The Morgan fingerprint density at radius 2 is 2.14 bits per heavy atom. The second kappa shape index (κ2) is 7.56. The SMILES string of the molecule is CCN(CC(=O)N1CCC(C(=O)O)CC1)Cc1cccs1. The van der Waals surface area contributed by atoms with Crippen LogP contribution in [-0.4, -0.2) is 53.0 Å². The smallest absolute Gasteiger partial charge is 0.306 e. The van der Waals surface area contributed by atoms with E-state index < -0.39 is 5.97 Å². The van der Waals surface area contributed by atoms with Crippen molar-refractivity contribution in [3.05, 3.63) is 22.4 Å². The lowest BCUT2D eigenvalue weighted by Crippen LogP contribution is -2.45. The van der Waals surface area contributed by atoms with Gasteiger partial charge in [-0.2, -0.15) is 0 Å². The number of hydrogen-bond acceptors (Lipinski definition) is 4. The molecule has 2 rings (SSSR count). The summed E-state index contributed by atoms with van der Waals surface area (Å²) in [6.07, 6.45) is 1.14. The van der Waals surface area contributed by atoms with E-state index >= 15 is 0 Å². The minimum atomic E-state index is -0.741. The van der Waals surface area contributed by atoms with Crippen LogP contribution < -0.4 is 0 Å². The molecular weight excluding hydrogens is 288 g/mol. The lowest BCUT2D eigenvalue weighted by Gasteiger charge is -2.32. The number of piperidine rings is 1. The third-order valence-electron chi connectivity index (χ3n) is 3.96. The molecule has 1 aliphatic heterocycles. The maximum absolute atomic E-state index is 12.3. The lowest BCUT2D eigenvalue weighted by atomic mass is 9.97. The van der Waals surface area contributed by atoms with Crippen LogP contribution in [0, 0.1) is 5.92 Å². The average molecular weight is 310 g/mol. The predicted octanol–water partition coefficient (Wildman–Crippen LogP) is 1.89. The van der Waals surface area contributed by atoms with Gasteiger partial charge in [0.15, 0.2) is 0 Å². The van der Waals surface area contributed by atoms with Crippen molar-refractivity contribution in [3.63, 3.8) is 0 Å². The molecule has 1 saturated heterocycles. The summed E-state index contributed by atoms with van der Waals surface area (Å²) in [5, 5.41) is 11.0. The minimum absolute atomic E-state index is 0.109. The predicted molar refractivity (Wildman–Crippen MR) is 82.2 cm³/mol. The number of carbonyl (C=O) groups is 2. The van der Waals surface area contributed by atoms with Crippen LogP contribution in [0.25, 0.3) is 0 Å². The maximum Gasteiger partial charge on any atom is 0.306 e. The maximum atomic E-state index is 12.3. The Kier molecular flexibility index (Phi) is 5.76. The highest BCUT2D eigenvalue weighted by Crippen LogP contribution is 2.18. The number of carboxylic acids is 1. The van der Waals surface area contributed by atoms with Crippen LogP contribution in [0.15, 0.2) is 17.5 Å². The summed E-state index contributed by atoms with van der Waals surface area (Å²) in [5.41, 5.74) is 0. The number of carboxylic acid groups (broad SMARTS) is 1. The van der Waals surface area contributed by atoms with E-state index in [9.17, 15) is 9.59 Å². The highest BCUT2D eigenvalue weighted by atomic mass is 32.1. The van der Waals surface area contributed by atoms with Gasteiger partial charge in [0.25, 0.3) is 0 Å². The Hall–Kier alpha value is -1.40. The Balaban J connectivity index is 1.81. The van der Waals surface area contributed by atoms with E-state index in [4.69, 9.17) is 5.11 Å². The molecule has 5 nitrogen and oxygen atoms in total. The second-order valence-corrected chi connectivity index (χ2v) is 6.41. The second-order valence-electron chi connectivity index (χ2n) is 5.38. The number of rotatable bonds is 6. The Labute approximate surface area is 129 Å². The van der Waals surface area contributed by atoms with Gasteiger partial charge in [0.2, 0.25) is 5.91 Å². The van der Waals surface area contributed by atoms with Gasteiger partial charge in [0.05, 0.1) is 12.5 Å². The van der Waals surface area contributed by atoms with Crippen molar-refractivity contribution >= 4 is 23.2 Å². The van der Waals surface area contributed by atoms with E-state index in [1.54, 1.807) is 16.2 Å². The topological polar surface area (TPSA) is 60.9 Å². The van der Waals surface area contributed by atoms with E-state index in [1.807, 2.05) is 11.4 Å². The van der Waals surface area contributed by atoms with Gasteiger partial charge in [-0.1, -0.05) is 13.0 Å². The number of aliphatic carboxylic acids is 1. The summed E-state index contributed by atoms with van der Waals surface area (Å²) in [4.78, 5) is 28.4. The van der Waals surface area contributed by atoms with Crippen molar-refractivity contribution < 1.29 is 14.7 Å². The van der Waals surface area contributed by atoms with Gasteiger partial charge < -0.3 is 10.0 Å². The summed E-state index contributed by atoms with van der Waals surface area (Å²) >= 11 is 1.70. The Morgan fingerprint density at radius 1 is 1.43 bits per heavy atom. The minimum Gasteiger partial charge on any atom is -0.481 e. The number of carbonyl (C=O) groups excluding carboxylic acids is 1. The van der Waals surface area contributed by atoms with E-state index in [1.165, 1.54) is 4.88 Å². The average Bonchev–Trinajstić information content (AvgIpc) is 2.99. The summed E-state index contributed by atoms with van der Waals surface area (Å²) in [6.45, 7) is 5.21. The number of hydrogen-bond donors (Lipinski definition) is 1.